The van der Waals surface area contributed by atoms with Crippen LogP contribution in [0.2, 0.25) is 0 Å². The zero-order valence-electron chi connectivity index (χ0n) is 6.92. The SMILES string of the molecule is BrC#CC1CN([C@@H]2CCOC2)C1. The highest BCUT2D eigenvalue weighted by molar-refractivity contribution is 9.12. The minimum absolute atomic E-state index is 0.588. The van der Waals surface area contributed by atoms with Gasteiger partial charge in [0.1, 0.15) is 0 Å². The summed E-state index contributed by atoms with van der Waals surface area (Å²) < 4.78 is 5.32. The van der Waals surface area contributed by atoms with Gasteiger partial charge in [-0.3, -0.25) is 4.90 Å². The van der Waals surface area contributed by atoms with Crippen LogP contribution < -0.4 is 0 Å². The van der Waals surface area contributed by atoms with Gasteiger partial charge in [0, 0.05) is 47.6 Å². The number of halogens is 1. The van der Waals surface area contributed by atoms with E-state index in [1.165, 1.54) is 6.42 Å². The van der Waals surface area contributed by atoms with E-state index in [1.54, 1.807) is 0 Å². The van der Waals surface area contributed by atoms with Crippen molar-refractivity contribution < 1.29 is 4.74 Å². The van der Waals surface area contributed by atoms with Crippen molar-refractivity contribution in [2.75, 3.05) is 26.3 Å². The third-order valence-electron chi connectivity index (χ3n) is 2.59. The molecule has 12 heavy (non-hydrogen) atoms. The molecule has 0 unspecified atom stereocenters. The fraction of sp³-hybridized carbons (Fsp3) is 0.778. The zero-order chi connectivity index (χ0) is 8.39. The number of nitrogens with zero attached hydrogens (tertiary/aromatic N) is 1. The molecule has 2 aliphatic rings. The predicted molar refractivity (Wildman–Crippen MR) is 51.0 cm³/mol. The van der Waals surface area contributed by atoms with Crippen LogP contribution in [0.5, 0.6) is 0 Å². The zero-order valence-corrected chi connectivity index (χ0v) is 8.51. The van der Waals surface area contributed by atoms with Gasteiger partial charge in [-0.1, -0.05) is 5.92 Å². The molecule has 0 saturated carbocycles. The molecule has 0 aromatic rings. The third-order valence-corrected chi connectivity index (χ3v) is 2.82. The molecule has 0 spiro atoms. The van der Waals surface area contributed by atoms with Crippen molar-refractivity contribution in [3.05, 3.63) is 0 Å². The normalized spacial score (nSPS) is 30.9. The first-order valence-electron chi connectivity index (χ1n) is 4.33. The van der Waals surface area contributed by atoms with E-state index in [1.807, 2.05) is 0 Å². The lowest BCUT2D eigenvalue weighted by atomic mass is 9.98. The van der Waals surface area contributed by atoms with E-state index in [4.69, 9.17) is 4.74 Å². The third kappa shape index (κ3) is 1.66. The van der Waals surface area contributed by atoms with Crippen molar-refractivity contribution in [3.8, 4) is 10.8 Å². The Kier molecular flexibility index (Phi) is 2.69. The number of hydrogen-bond acceptors (Lipinski definition) is 2. The van der Waals surface area contributed by atoms with E-state index in [0.717, 1.165) is 26.3 Å². The maximum absolute atomic E-state index is 5.32. The molecule has 2 rings (SSSR count). The molecule has 66 valence electrons. The number of hydrogen-bond donors (Lipinski definition) is 0. The van der Waals surface area contributed by atoms with E-state index < -0.39 is 0 Å². The van der Waals surface area contributed by atoms with Gasteiger partial charge < -0.3 is 4.74 Å². The van der Waals surface area contributed by atoms with E-state index >= 15 is 0 Å². The Labute approximate surface area is 81.4 Å². The molecule has 0 aliphatic carbocycles. The van der Waals surface area contributed by atoms with Crippen LogP contribution in [-0.2, 0) is 4.74 Å². The van der Waals surface area contributed by atoms with Gasteiger partial charge in [0.15, 0.2) is 0 Å². The summed E-state index contributed by atoms with van der Waals surface area (Å²) in [6.45, 7) is 4.13. The van der Waals surface area contributed by atoms with Gasteiger partial charge in [-0.25, -0.2) is 0 Å². The van der Waals surface area contributed by atoms with Gasteiger partial charge in [-0.2, -0.15) is 0 Å². The summed E-state index contributed by atoms with van der Waals surface area (Å²) in [5, 5.41) is 0. The van der Waals surface area contributed by atoms with Crippen molar-refractivity contribution in [2.24, 2.45) is 5.92 Å². The maximum atomic E-state index is 5.32. The summed E-state index contributed by atoms with van der Waals surface area (Å²) in [7, 11) is 0. The molecule has 2 heterocycles. The summed E-state index contributed by atoms with van der Waals surface area (Å²) in [6.07, 6.45) is 1.20. The second kappa shape index (κ2) is 3.78. The lowest BCUT2D eigenvalue weighted by molar-refractivity contribution is 0.0694. The quantitative estimate of drug-likeness (QED) is 0.624. The summed E-state index contributed by atoms with van der Waals surface area (Å²) >= 11 is 3.12. The summed E-state index contributed by atoms with van der Waals surface area (Å²) in [4.78, 5) is 5.25. The molecular weight excluding hydrogens is 218 g/mol. The smallest absolute Gasteiger partial charge is 0.0622 e. The van der Waals surface area contributed by atoms with Crippen LogP contribution in [0.3, 0.4) is 0 Å². The fourth-order valence-electron chi connectivity index (χ4n) is 1.79. The molecule has 0 bridgehead atoms. The Balaban J connectivity index is 1.75. The van der Waals surface area contributed by atoms with Crippen molar-refractivity contribution in [2.45, 2.75) is 12.5 Å². The highest BCUT2D eigenvalue weighted by Crippen LogP contribution is 2.22. The second-order valence-corrected chi connectivity index (χ2v) is 3.80. The number of ether oxygens (including phenoxy) is 1. The van der Waals surface area contributed by atoms with E-state index in [-0.39, 0.29) is 0 Å². The molecule has 0 radical (unpaired) electrons. The topological polar surface area (TPSA) is 12.5 Å². The highest BCUT2D eigenvalue weighted by Gasteiger charge is 2.32. The molecule has 2 saturated heterocycles. The Bertz CT molecular complexity index is 208. The minimum Gasteiger partial charge on any atom is -0.380 e. The molecule has 2 fully saturated rings. The molecular formula is C9H12BrNO. The predicted octanol–water partition coefficient (Wildman–Crippen LogP) is 1.06. The summed E-state index contributed by atoms with van der Waals surface area (Å²) in [5.41, 5.74) is 0. The molecule has 0 aromatic carbocycles. The van der Waals surface area contributed by atoms with Crippen molar-refractivity contribution in [1.29, 1.82) is 0 Å². The van der Waals surface area contributed by atoms with Crippen LogP contribution in [0.4, 0.5) is 0 Å². The average Bonchev–Trinajstić information content (AvgIpc) is 2.47. The van der Waals surface area contributed by atoms with Gasteiger partial charge in [0.2, 0.25) is 0 Å². The summed E-state index contributed by atoms with van der Waals surface area (Å²) in [6, 6.07) is 0.679. The van der Waals surface area contributed by atoms with Gasteiger partial charge in [0.25, 0.3) is 0 Å². The number of rotatable bonds is 1. The first kappa shape index (κ1) is 8.55. The number of likely N-dealkylation sites (tertiary alicyclic amines) is 1. The van der Waals surface area contributed by atoms with Gasteiger partial charge in [0.05, 0.1) is 6.61 Å². The summed E-state index contributed by atoms with van der Waals surface area (Å²) in [5.74, 6) is 3.71. The Morgan fingerprint density at radius 2 is 2.25 bits per heavy atom. The highest BCUT2D eigenvalue weighted by atomic mass is 79.9. The average molecular weight is 230 g/mol. The van der Waals surface area contributed by atoms with Gasteiger partial charge >= 0.3 is 0 Å². The van der Waals surface area contributed by atoms with E-state index in [9.17, 15) is 0 Å². The first-order chi connectivity index (χ1) is 5.90. The molecule has 0 aromatic heterocycles. The Morgan fingerprint density at radius 3 is 2.83 bits per heavy atom. The monoisotopic (exact) mass is 229 g/mol. The van der Waals surface area contributed by atoms with Crippen LogP contribution in [0.15, 0.2) is 0 Å². The van der Waals surface area contributed by atoms with Crippen molar-refractivity contribution >= 4 is 15.9 Å². The lowest BCUT2D eigenvalue weighted by Gasteiger charge is -2.40. The maximum Gasteiger partial charge on any atom is 0.0622 e. The van der Waals surface area contributed by atoms with Gasteiger partial charge in [-0.15, -0.1) is 0 Å². The fourth-order valence-corrected chi connectivity index (χ4v) is 2.11. The van der Waals surface area contributed by atoms with Crippen LogP contribution in [-0.4, -0.2) is 37.2 Å². The Hall–Kier alpha value is -0.0400. The van der Waals surface area contributed by atoms with Crippen LogP contribution in [0.25, 0.3) is 0 Å². The molecule has 1 atom stereocenters. The minimum atomic E-state index is 0.588. The largest absolute Gasteiger partial charge is 0.380 e. The first-order valence-corrected chi connectivity index (χ1v) is 5.12. The van der Waals surface area contributed by atoms with Crippen LogP contribution in [0.1, 0.15) is 6.42 Å². The Morgan fingerprint density at radius 1 is 1.42 bits per heavy atom. The van der Waals surface area contributed by atoms with Crippen molar-refractivity contribution in [1.82, 2.24) is 4.90 Å². The molecule has 0 N–H and O–H groups in total. The molecule has 0 amide bonds. The van der Waals surface area contributed by atoms with Gasteiger partial charge in [-0.05, 0) is 11.3 Å². The standard InChI is InChI=1S/C9H12BrNO/c10-3-1-8-5-11(6-8)9-2-4-12-7-9/h8-9H,2,4-7H2/t9-/m1/s1. The van der Waals surface area contributed by atoms with Crippen molar-refractivity contribution in [3.63, 3.8) is 0 Å². The van der Waals surface area contributed by atoms with E-state index in [2.05, 4.69) is 31.6 Å². The van der Waals surface area contributed by atoms with Crippen LogP contribution >= 0.6 is 15.9 Å². The molecule has 2 nitrogen and oxygen atoms in total. The molecule has 3 heteroatoms. The molecule has 2 aliphatic heterocycles. The second-order valence-electron chi connectivity index (χ2n) is 3.41. The lowest BCUT2D eigenvalue weighted by Crippen LogP contribution is -2.51. The van der Waals surface area contributed by atoms with E-state index in [0.29, 0.717) is 12.0 Å². The van der Waals surface area contributed by atoms with Crippen LogP contribution in [0, 0.1) is 16.7 Å².